The van der Waals surface area contributed by atoms with Crippen LogP contribution in [0.15, 0.2) is 47.3 Å². The standard InChI is InChI=1S/C19H13FN4O3S/c1-9-14-12(20)7-4-8-13(14)28-16(9)19(27)24-23-18(26)15-10-5-2-3-6-11(10)17(25)22-21-15/h2-8H,1H3,(H,22,25)(H,23,26)(H,24,27). The number of aromatic amines is 1. The van der Waals surface area contributed by atoms with Crippen LogP contribution >= 0.6 is 11.3 Å². The third-order valence-electron chi connectivity index (χ3n) is 4.31. The molecule has 0 fully saturated rings. The summed E-state index contributed by atoms with van der Waals surface area (Å²) >= 11 is 1.13. The average Bonchev–Trinajstić information content (AvgIpc) is 3.04. The van der Waals surface area contributed by atoms with Crippen LogP contribution in [-0.2, 0) is 0 Å². The molecule has 3 N–H and O–H groups in total. The number of hydrogen-bond acceptors (Lipinski definition) is 5. The number of rotatable bonds is 2. The number of nitrogens with one attached hydrogen (secondary N) is 3. The quantitative estimate of drug-likeness (QED) is 0.453. The normalized spacial score (nSPS) is 10.9. The Kier molecular flexibility index (Phi) is 4.36. The van der Waals surface area contributed by atoms with E-state index >= 15 is 0 Å². The monoisotopic (exact) mass is 396 g/mol. The highest BCUT2D eigenvalue weighted by molar-refractivity contribution is 7.21. The van der Waals surface area contributed by atoms with Gasteiger partial charge in [-0.2, -0.15) is 5.10 Å². The Bertz CT molecular complexity index is 1310. The molecule has 0 aliphatic heterocycles. The van der Waals surface area contributed by atoms with Crippen LogP contribution in [0.25, 0.3) is 20.9 Å². The highest BCUT2D eigenvalue weighted by atomic mass is 32.1. The fourth-order valence-electron chi connectivity index (χ4n) is 2.99. The summed E-state index contributed by atoms with van der Waals surface area (Å²) in [5.41, 5.74) is 4.65. The molecule has 2 amide bonds. The van der Waals surface area contributed by atoms with Crippen LogP contribution in [0, 0.1) is 12.7 Å². The number of benzene rings is 2. The summed E-state index contributed by atoms with van der Waals surface area (Å²) in [6.45, 7) is 1.65. The highest BCUT2D eigenvalue weighted by Crippen LogP contribution is 2.32. The van der Waals surface area contributed by atoms with Crippen molar-refractivity contribution in [2.75, 3.05) is 0 Å². The van der Waals surface area contributed by atoms with Crippen molar-refractivity contribution in [3.63, 3.8) is 0 Å². The zero-order valence-electron chi connectivity index (χ0n) is 14.5. The Morgan fingerprint density at radius 1 is 1.04 bits per heavy atom. The second kappa shape index (κ2) is 6.86. The van der Waals surface area contributed by atoms with Crippen LogP contribution in [0.1, 0.15) is 25.7 Å². The zero-order chi connectivity index (χ0) is 19.8. The van der Waals surface area contributed by atoms with E-state index in [0.29, 0.717) is 31.3 Å². The van der Waals surface area contributed by atoms with E-state index < -0.39 is 23.2 Å². The van der Waals surface area contributed by atoms with Gasteiger partial charge in [0, 0.05) is 15.5 Å². The van der Waals surface area contributed by atoms with Gasteiger partial charge in [-0.1, -0.05) is 24.3 Å². The third-order valence-corrected chi connectivity index (χ3v) is 5.57. The molecule has 28 heavy (non-hydrogen) atoms. The number of hydrazine groups is 1. The minimum absolute atomic E-state index is 0.0328. The molecule has 0 bridgehead atoms. The molecule has 2 aromatic carbocycles. The van der Waals surface area contributed by atoms with Crippen LogP contribution < -0.4 is 16.4 Å². The van der Waals surface area contributed by atoms with E-state index in [2.05, 4.69) is 21.0 Å². The molecule has 7 nitrogen and oxygen atoms in total. The van der Waals surface area contributed by atoms with E-state index in [1.807, 2.05) is 0 Å². The summed E-state index contributed by atoms with van der Waals surface area (Å²) < 4.78 is 14.6. The molecule has 140 valence electrons. The van der Waals surface area contributed by atoms with Crippen molar-refractivity contribution in [2.24, 2.45) is 0 Å². The van der Waals surface area contributed by atoms with Gasteiger partial charge in [0.15, 0.2) is 5.69 Å². The topological polar surface area (TPSA) is 104 Å². The van der Waals surface area contributed by atoms with Gasteiger partial charge in [0.05, 0.1) is 10.3 Å². The molecular weight excluding hydrogens is 383 g/mol. The van der Waals surface area contributed by atoms with Crippen molar-refractivity contribution in [3.05, 3.63) is 74.8 Å². The van der Waals surface area contributed by atoms with E-state index in [0.717, 1.165) is 11.3 Å². The Morgan fingerprint density at radius 2 is 1.75 bits per heavy atom. The van der Waals surface area contributed by atoms with Crippen molar-refractivity contribution in [1.82, 2.24) is 21.0 Å². The Morgan fingerprint density at radius 3 is 2.50 bits per heavy atom. The number of nitrogens with zero attached hydrogens (tertiary/aromatic N) is 1. The van der Waals surface area contributed by atoms with Gasteiger partial charge in [0.25, 0.3) is 17.4 Å². The molecule has 0 aliphatic rings. The highest BCUT2D eigenvalue weighted by Gasteiger charge is 2.19. The second-order valence-corrected chi connectivity index (χ2v) is 7.08. The first-order valence-electron chi connectivity index (χ1n) is 8.23. The van der Waals surface area contributed by atoms with Gasteiger partial charge in [-0.3, -0.25) is 25.2 Å². The molecular formula is C19H13FN4O3S. The lowest BCUT2D eigenvalue weighted by molar-refractivity contribution is 0.0846. The summed E-state index contributed by atoms with van der Waals surface area (Å²) in [7, 11) is 0. The predicted octanol–water partition coefficient (Wildman–Crippen LogP) is 2.66. The summed E-state index contributed by atoms with van der Waals surface area (Å²) in [6, 6.07) is 11.1. The lowest BCUT2D eigenvalue weighted by Gasteiger charge is -2.08. The lowest BCUT2D eigenvalue weighted by atomic mass is 10.1. The Balaban J connectivity index is 1.59. The maximum atomic E-state index is 14.0. The van der Waals surface area contributed by atoms with Crippen molar-refractivity contribution in [2.45, 2.75) is 6.92 Å². The molecule has 9 heteroatoms. The first kappa shape index (κ1) is 17.8. The second-order valence-electron chi connectivity index (χ2n) is 6.02. The van der Waals surface area contributed by atoms with Gasteiger partial charge in [-0.05, 0) is 30.7 Å². The fraction of sp³-hybridized carbons (Fsp3) is 0.0526. The van der Waals surface area contributed by atoms with E-state index in [4.69, 9.17) is 0 Å². The number of fused-ring (bicyclic) bond motifs is 2. The number of amides is 2. The minimum Gasteiger partial charge on any atom is -0.267 e. The smallest absolute Gasteiger partial charge is 0.267 e. The summed E-state index contributed by atoms with van der Waals surface area (Å²) in [5.74, 6) is -1.66. The van der Waals surface area contributed by atoms with E-state index in [-0.39, 0.29) is 5.69 Å². The molecule has 0 aliphatic carbocycles. The maximum absolute atomic E-state index is 14.0. The summed E-state index contributed by atoms with van der Waals surface area (Å²) in [5, 5.41) is 7.09. The molecule has 0 unspecified atom stereocenters. The van der Waals surface area contributed by atoms with Crippen molar-refractivity contribution in [1.29, 1.82) is 0 Å². The number of carbonyl (C=O) groups is 2. The number of halogens is 1. The zero-order valence-corrected chi connectivity index (χ0v) is 15.3. The van der Waals surface area contributed by atoms with Crippen LogP contribution in [0.2, 0.25) is 0 Å². The molecule has 0 saturated carbocycles. The number of aryl methyl sites for hydroxylation is 1. The van der Waals surface area contributed by atoms with Crippen LogP contribution in [0.4, 0.5) is 4.39 Å². The first-order chi connectivity index (χ1) is 13.5. The van der Waals surface area contributed by atoms with Gasteiger partial charge in [-0.25, -0.2) is 9.49 Å². The lowest BCUT2D eigenvalue weighted by Crippen LogP contribution is -2.42. The molecule has 0 atom stereocenters. The molecule has 2 aromatic heterocycles. The molecule has 0 saturated heterocycles. The summed E-state index contributed by atoms with van der Waals surface area (Å²) in [6.07, 6.45) is 0. The van der Waals surface area contributed by atoms with Crippen molar-refractivity contribution < 1.29 is 14.0 Å². The van der Waals surface area contributed by atoms with E-state index in [1.165, 1.54) is 6.07 Å². The molecule has 2 heterocycles. The van der Waals surface area contributed by atoms with Gasteiger partial charge in [0.1, 0.15) is 5.82 Å². The molecule has 4 rings (SSSR count). The number of hydrogen-bond donors (Lipinski definition) is 3. The van der Waals surface area contributed by atoms with Gasteiger partial charge < -0.3 is 0 Å². The molecule has 4 aromatic rings. The maximum Gasteiger partial charge on any atom is 0.290 e. The average molecular weight is 396 g/mol. The van der Waals surface area contributed by atoms with Gasteiger partial charge in [-0.15, -0.1) is 11.3 Å². The third kappa shape index (κ3) is 2.91. The summed E-state index contributed by atoms with van der Waals surface area (Å²) in [4.78, 5) is 37.0. The number of thiophene rings is 1. The fourth-order valence-corrected chi connectivity index (χ4v) is 4.11. The SMILES string of the molecule is Cc1c(C(=O)NNC(=O)c2n[nH]c(=O)c3ccccc23)sc2cccc(F)c12. The largest absolute Gasteiger partial charge is 0.290 e. The molecule has 0 radical (unpaired) electrons. The van der Waals surface area contributed by atoms with Gasteiger partial charge in [0.2, 0.25) is 0 Å². The van der Waals surface area contributed by atoms with Crippen LogP contribution in [0.5, 0.6) is 0 Å². The number of carbonyl (C=O) groups excluding carboxylic acids is 2. The molecule has 0 spiro atoms. The van der Waals surface area contributed by atoms with E-state index in [9.17, 15) is 18.8 Å². The van der Waals surface area contributed by atoms with Crippen molar-refractivity contribution >= 4 is 44.0 Å². The van der Waals surface area contributed by atoms with Crippen molar-refractivity contribution in [3.8, 4) is 0 Å². The van der Waals surface area contributed by atoms with Gasteiger partial charge >= 0.3 is 0 Å². The Labute approximate surface area is 161 Å². The minimum atomic E-state index is -0.689. The first-order valence-corrected chi connectivity index (χ1v) is 9.04. The number of H-pyrrole nitrogens is 1. The number of aromatic nitrogens is 2. The van der Waals surface area contributed by atoms with E-state index in [1.54, 1.807) is 43.3 Å². The van der Waals surface area contributed by atoms with Crippen LogP contribution in [-0.4, -0.2) is 22.0 Å². The Hall–Kier alpha value is -3.59. The predicted molar refractivity (Wildman–Crippen MR) is 104 cm³/mol. The van der Waals surface area contributed by atoms with Crippen LogP contribution in [0.3, 0.4) is 0 Å².